The Kier molecular flexibility index (Phi) is 5.23. The first-order valence-electron chi connectivity index (χ1n) is 7.39. The van der Waals surface area contributed by atoms with Crippen molar-refractivity contribution in [3.05, 3.63) is 29.3 Å². The van der Waals surface area contributed by atoms with E-state index in [1.807, 2.05) is 0 Å². The predicted octanol–water partition coefficient (Wildman–Crippen LogP) is 2.26. The largest absolute Gasteiger partial charge is 0.385 e. The fourth-order valence-corrected chi connectivity index (χ4v) is 2.70. The summed E-state index contributed by atoms with van der Waals surface area (Å²) in [6.45, 7) is 13.5. The molecule has 0 amide bonds. The molecule has 1 heterocycles. The molecule has 1 aromatic carbocycles. The monoisotopic (exact) mass is 261 g/mol. The Morgan fingerprint density at radius 3 is 2.68 bits per heavy atom. The quantitative estimate of drug-likeness (QED) is 0.851. The van der Waals surface area contributed by atoms with Gasteiger partial charge in [-0.1, -0.05) is 24.6 Å². The maximum atomic E-state index is 3.59. The summed E-state index contributed by atoms with van der Waals surface area (Å²) in [5, 5.41) is 6.99. The molecule has 106 valence electrons. The smallest absolute Gasteiger partial charge is 0.0370 e. The summed E-state index contributed by atoms with van der Waals surface area (Å²) in [6.07, 6.45) is 0. The standard InChI is InChI=1S/C16H27N3/c1-13-4-5-16(15(3)10-13)18-11-14(2)12-19-8-6-17-7-9-19/h4-5,10,14,17-18H,6-9,11-12H2,1-3H3. The Labute approximate surface area is 117 Å². The Bertz CT molecular complexity index is 397. The van der Waals surface area contributed by atoms with Crippen LogP contribution in [-0.4, -0.2) is 44.2 Å². The van der Waals surface area contributed by atoms with Gasteiger partial charge in [0.25, 0.3) is 0 Å². The van der Waals surface area contributed by atoms with Gasteiger partial charge in [-0.2, -0.15) is 0 Å². The number of anilines is 1. The van der Waals surface area contributed by atoms with Gasteiger partial charge in [-0.3, -0.25) is 0 Å². The number of aryl methyl sites for hydroxylation is 2. The average molecular weight is 261 g/mol. The van der Waals surface area contributed by atoms with Crippen LogP contribution < -0.4 is 10.6 Å². The van der Waals surface area contributed by atoms with Gasteiger partial charge in [0.1, 0.15) is 0 Å². The highest BCUT2D eigenvalue weighted by molar-refractivity contribution is 5.51. The zero-order chi connectivity index (χ0) is 13.7. The first-order chi connectivity index (χ1) is 9.15. The molecule has 1 aliphatic rings. The molecular weight excluding hydrogens is 234 g/mol. The van der Waals surface area contributed by atoms with Gasteiger partial charge in [0.15, 0.2) is 0 Å². The van der Waals surface area contributed by atoms with Crippen LogP contribution in [0.2, 0.25) is 0 Å². The van der Waals surface area contributed by atoms with Gasteiger partial charge in [0.05, 0.1) is 0 Å². The minimum atomic E-state index is 0.679. The van der Waals surface area contributed by atoms with Crippen LogP contribution in [0.25, 0.3) is 0 Å². The maximum absolute atomic E-state index is 3.59. The molecule has 1 unspecified atom stereocenters. The van der Waals surface area contributed by atoms with Gasteiger partial charge in [0.2, 0.25) is 0 Å². The van der Waals surface area contributed by atoms with Crippen LogP contribution >= 0.6 is 0 Å². The Balaban J connectivity index is 1.77. The van der Waals surface area contributed by atoms with Crippen molar-refractivity contribution in [2.75, 3.05) is 44.6 Å². The number of nitrogens with zero attached hydrogens (tertiary/aromatic N) is 1. The van der Waals surface area contributed by atoms with Gasteiger partial charge in [-0.15, -0.1) is 0 Å². The zero-order valence-corrected chi connectivity index (χ0v) is 12.5. The third kappa shape index (κ3) is 4.51. The summed E-state index contributed by atoms with van der Waals surface area (Å²) in [7, 11) is 0. The number of hydrogen-bond donors (Lipinski definition) is 2. The molecular formula is C16H27N3. The van der Waals surface area contributed by atoms with Crippen molar-refractivity contribution in [3.8, 4) is 0 Å². The van der Waals surface area contributed by atoms with Crippen LogP contribution in [0.15, 0.2) is 18.2 Å². The van der Waals surface area contributed by atoms with Gasteiger partial charge in [-0.05, 0) is 31.4 Å². The molecule has 3 heteroatoms. The maximum Gasteiger partial charge on any atom is 0.0370 e. The zero-order valence-electron chi connectivity index (χ0n) is 12.5. The molecule has 1 aromatic rings. The molecule has 3 nitrogen and oxygen atoms in total. The molecule has 1 atom stereocenters. The summed E-state index contributed by atoms with van der Waals surface area (Å²) in [6, 6.07) is 6.61. The van der Waals surface area contributed by atoms with Crippen molar-refractivity contribution < 1.29 is 0 Å². The van der Waals surface area contributed by atoms with E-state index in [0.29, 0.717) is 5.92 Å². The highest BCUT2D eigenvalue weighted by Gasteiger charge is 2.13. The molecule has 0 aromatic heterocycles. The number of rotatable bonds is 5. The number of nitrogens with one attached hydrogen (secondary N) is 2. The second-order valence-electron chi connectivity index (χ2n) is 5.86. The van der Waals surface area contributed by atoms with Crippen LogP contribution in [0.1, 0.15) is 18.1 Å². The molecule has 0 radical (unpaired) electrons. The molecule has 0 spiro atoms. The summed E-state index contributed by atoms with van der Waals surface area (Å²) >= 11 is 0. The fourth-order valence-electron chi connectivity index (χ4n) is 2.70. The lowest BCUT2D eigenvalue weighted by molar-refractivity contribution is 0.215. The lowest BCUT2D eigenvalue weighted by Gasteiger charge is -2.29. The molecule has 19 heavy (non-hydrogen) atoms. The van der Waals surface area contributed by atoms with E-state index < -0.39 is 0 Å². The van der Waals surface area contributed by atoms with Crippen LogP contribution in [-0.2, 0) is 0 Å². The van der Waals surface area contributed by atoms with E-state index in [-0.39, 0.29) is 0 Å². The molecule has 2 N–H and O–H groups in total. The lowest BCUT2D eigenvalue weighted by atomic mass is 10.1. The lowest BCUT2D eigenvalue weighted by Crippen LogP contribution is -2.45. The van der Waals surface area contributed by atoms with Gasteiger partial charge in [0, 0.05) is 45.0 Å². The van der Waals surface area contributed by atoms with Crippen molar-refractivity contribution in [1.29, 1.82) is 0 Å². The Hall–Kier alpha value is -1.06. The highest BCUT2D eigenvalue weighted by atomic mass is 15.2. The number of hydrogen-bond acceptors (Lipinski definition) is 3. The minimum absolute atomic E-state index is 0.679. The summed E-state index contributed by atoms with van der Waals surface area (Å²) in [4.78, 5) is 2.56. The second kappa shape index (κ2) is 6.92. The van der Waals surface area contributed by atoms with Crippen LogP contribution in [0.5, 0.6) is 0 Å². The average Bonchev–Trinajstić information content (AvgIpc) is 2.39. The van der Waals surface area contributed by atoms with Crippen molar-refractivity contribution in [3.63, 3.8) is 0 Å². The fraction of sp³-hybridized carbons (Fsp3) is 0.625. The first-order valence-corrected chi connectivity index (χ1v) is 7.39. The summed E-state index contributed by atoms with van der Waals surface area (Å²) in [5.74, 6) is 0.679. The van der Waals surface area contributed by atoms with E-state index in [1.165, 1.54) is 36.4 Å². The van der Waals surface area contributed by atoms with Crippen molar-refractivity contribution in [1.82, 2.24) is 10.2 Å². The van der Waals surface area contributed by atoms with E-state index in [2.05, 4.69) is 54.5 Å². The van der Waals surface area contributed by atoms with Crippen LogP contribution in [0.3, 0.4) is 0 Å². The van der Waals surface area contributed by atoms with Gasteiger partial charge < -0.3 is 15.5 Å². The molecule has 2 rings (SSSR count). The minimum Gasteiger partial charge on any atom is -0.385 e. The molecule has 1 saturated heterocycles. The van der Waals surface area contributed by atoms with Gasteiger partial charge >= 0.3 is 0 Å². The van der Waals surface area contributed by atoms with Gasteiger partial charge in [-0.25, -0.2) is 0 Å². The Morgan fingerprint density at radius 1 is 1.26 bits per heavy atom. The molecule has 1 aliphatic heterocycles. The third-order valence-corrected chi connectivity index (χ3v) is 3.80. The summed E-state index contributed by atoms with van der Waals surface area (Å²) < 4.78 is 0. The molecule has 0 aliphatic carbocycles. The van der Waals surface area contributed by atoms with Crippen molar-refractivity contribution in [2.45, 2.75) is 20.8 Å². The van der Waals surface area contributed by atoms with E-state index in [9.17, 15) is 0 Å². The first kappa shape index (κ1) is 14.4. The number of piperazine rings is 1. The van der Waals surface area contributed by atoms with Crippen LogP contribution in [0, 0.1) is 19.8 Å². The summed E-state index contributed by atoms with van der Waals surface area (Å²) in [5.41, 5.74) is 3.95. The van der Waals surface area contributed by atoms with Crippen molar-refractivity contribution in [2.24, 2.45) is 5.92 Å². The van der Waals surface area contributed by atoms with Crippen molar-refractivity contribution >= 4 is 5.69 Å². The SMILES string of the molecule is Cc1ccc(NCC(C)CN2CCNCC2)c(C)c1. The van der Waals surface area contributed by atoms with E-state index >= 15 is 0 Å². The normalized spacial score (nSPS) is 18.3. The third-order valence-electron chi connectivity index (χ3n) is 3.80. The number of benzene rings is 1. The molecule has 0 saturated carbocycles. The predicted molar refractivity (Wildman–Crippen MR) is 82.9 cm³/mol. The van der Waals surface area contributed by atoms with Crippen LogP contribution in [0.4, 0.5) is 5.69 Å². The topological polar surface area (TPSA) is 27.3 Å². The van der Waals surface area contributed by atoms with E-state index in [0.717, 1.165) is 19.6 Å². The molecule has 1 fully saturated rings. The highest BCUT2D eigenvalue weighted by Crippen LogP contribution is 2.16. The van der Waals surface area contributed by atoms with E-state index in [1.54, 1.807) is 0 Å². The molecule has 0 bridgehead atoms. The second-order valence-corrected chi connectivity index (χ2v) is 5.86. The van der Waals surface area contributed by atoms with E-state index in [4.69, 9.17) is 0 Å². The Morgan fingerprint density at radius 2 is 2.00 bits per heavy atom.